The second kappa shape index (κ2) is 7.46. The van der Waals surface area contributed by atoms with Gasteiger partial charge in [0, 0.05) is 0 Å². The summed E-state index contributed by atoms with van der Waals surface area (Å²) < 4.78 is 5.91. The van der Waals surface area contributed by atoms with Gasteiger partial charge in [-0.3, -0.25) is 0 Å². The largest absolute Gasteiger partial charge is 0.464 e. The first-order valence-corrected chi connectivity index (χ1v) is 8.10. The molecule has 0 bridgehead atoms. The van der Waals surface area contributed by atoms with E-state index in [1.807, 2.05) is 13.0 Å². The van der Waals surface area contributed by atoms with Gasteiger partial charge in [0.15, 0.2) is 0 Å². The zero-order valence-electron chi connectivity index (χ0n) is 13.7. The Morgan fingerprint density at radius 3 is 2.43 bits per heavy atom. The summed E-state index contributed by atoms with van der Waals surface area (Å²) >= 11 is 0. The molecule has 0 fully saturated rings. The number of rotatable bonds is 7. The van der Waals surface area contributed by atoms with Gasteiger partial charge in [0.1, 0.15) is 11.5 Å². The molecule has 0 radical (unpaired) electrons. The quantitative estimate of drug-likeness (QED) is 0.790. The lowest BCUT2D eigenvalue weighted by Crippen LogP contribution is -2.24. The lowest BCUT2D eigenvalue weighted by Gasteiger charge is -2.21. The number of hydrogen-bond acceptors (Lipinski definition) is 2. The Hall–Kier alpha value is -1.54. The molecule has 1 atom stereocenters. The van der Waals surface area contributed by atoms with Gasteiger partial charge in [0.25, 0.3) is 0 Å². The van der Waals surface area contributed by atoms with Gasteiger partial charge < -0.3 is 9.73 Å². The van der Waals surface area contributed by atoms with E-state index in [1.54, 1.807) is 0 Å². The molecule has 2 rings (SSSR count). The highest BCUT2D eigenvalue weighted by atomic mass is 16.3. The fourth-order valence-electron chi connectivity index (χ4n) is 2.72. The van der Waals surface area contributed by atoms with E-state index >= 15 is 0 Å². The van der Waals surface area contributed by atoms with Crippen LogP contribution in [0.3, 0.4) is 0 Å². The summed E-state index contributed by atoms with van der Waals surface area (Å²) in [6.07, 6.45) is 3.23. The van der Waals surface area contributed by atoms with Crippen molar-refractivity contribution >= 4 is 0 Å². The molecule has 1 unspecified atom stereocenters. The van der Waals surface area contributed by atoms with Gasteiger partial charge in [-0.25, -0.2) is 0 Å². The Balaban J connectivity index is 2.44. The third kappa shape index (κ3) is 3.76. The van der Waals surface area contributed by atoms with E-state index in [0.29, 0.717) is 0 Å². The molecule has 0 aliphatic heterocycles. The third-order valence-electron chi connectivity index (χ3n) is 3.95. The Labute approximate surface area is 128 Å². The SMILES string of the molecule is CCCNC(c1ccc(C)o1)c1cc(CC)ccc1CC. The summed E-state index contributed by atoms with van der Waals surface area (Å²) in [5.41, 5.74) is 4.14. The molecular formula is C19H27NO. The first kappa shape index (κ1) is 15.8. The minimum atomic E-state index is 0.153. The highest BCUT2D eigenvalue weighted by Crippen LogP contribution is 2.28. The smallest absolute Gasteiger partial charge is 0.125 e. The monoisotopic (exact) mass is 285 g/mol. The van der Waals surface area contributed by atoms with Gasteiger partial charge in [-0.2, -0.15) is 0 Å². The average molecular weight is 285 g/mol. The van der Waals surface area contributed by atoms with E-state index in [9.17, 15) is 0 Å². The summed E-state index contributed by atoms with van der Waals surface area (Å²) in [7, 11) is 0. The van der Waals surface area contributed by atoms with Crippen molar-refractivity contribution in [2.24, 2.45) is 0 Å². The van der Waals surface area contributed by atoms with E-state index in [4.69, 9.17) is 4.42 Å². The van der Waals surface area contributed by atoms with Crippen molar-refractivity contribution in [3.8, 4) is 0 Å². The first-order valence-electron chi connectivity index (χ1n) is 8.10. The van der Waals surface area contributed by atoms with Crippen molar-refractivity contribution in [2.45, 2.75) is 53.0 Å². The Morgan fingerprint density at radius 2 is 1.86 bits per heavy atom. The summed E-state index contributed by atoms with van der Waals surface area (Å²) in [5.74, 6) is 1.99. The maximum atomic E-state index is 5.91. The van der Waals surface area contributed by atoms with Crippen LogP contribution in [0, 0.1) is 6.92 Å². The molecule has 0 amide bonds. The average Bonchev–Trinajstić information content (AvgIpc) is 2.93. The van der Waals surface area contributed by atoms with Crippen molar-refractivity contribution in [2.75, 3.05) is 6.54 Å². The molecular weight excluding hydrogens is 258 g/mol. The number of benzene rings is 1. The van der Waals surface area contributed by atoms with E-state index in [2.05, 4.69) is 50.4 Å². The van der Waals surface area contributed by atoms with Crippen LogP contribution in [0.1, 0.15) is 61.4 Å². The molecule has 1 N–H and O–H groups in total. The highest BCUT2D eigenvalue weighted by Gasteiger charge is 2.19. The van der Waals surface area contributed by atoms with Crippen LogP contribution in [0.5, 0.6) is 0 Å². The predicted octanol–water partition coefficient (Wildman–Crippen LogP) is 4.80. The summed E-state index contributed by atoms with van der Waals surface area (Å²) in [4.78, 5) is 0. The van der Waals surface area contributed by atoms with Crippen LogP contribution in [0.15, 0.2) is 34.7 Å². The van der Waals surface area contributed by atoms with Crippen molar-refractivity contribution in [1.82, 2.24) is 5.32 Å². The Bertz CT molecular complexity index is 571. The van der Waals surface area contributed by atoms with E-state index in [1.165, 1.54) is 16.7 Å². The molecule has 21 heavy (non-hydrogen) atoms. The van der Waals surface area contributed by atoms with Gasteiger partial charge in [0.2, 0.25) is 0 Å². The van der Waals surface area contributed by atoms with Crippen LogP contribution in [-0.4, -0.2) is 6.54 Å². The molecule has 1 aromatic heterocycles. The van der Waals surface area contributed by atoms with Crippen molar-refractivity contribution in [3.63, 3.8) is 0 Å². The molecule has 0 saturated carbocycles. The van der Waals surface area contributed by atoms with Gasteiger partial charge in [0.05, 0.1) is 6.04 Å². The zero-order chi connectivity index (χ0) is 15.2. The summed E-state index contributed by atoms with van der Waals surface area (Å²) in [5, 5.41) is 3.65. The van der Waals surface area contributed by atoms with Gasteiger partial charge in [-0.05, 0) is 61.6 Å². The number of furan rings is 1. The maximum absolute atomic E-state index is 5.91. The Morgan fingerprint density at radius 1 is 1.05 bits per heavy atom. The van der Waals surface area contributed by atoms with Gasteiger partial charge in [-0.15, -0.1) is 0 Å². The molecule has 2 nitrogen and oxygen atoms in total. The molecule has 0 aliphatic carbocycles. The van der Waals surface area contributed by atoms with E-state index in [0.717, 1.165) is 37.3 Å². The molecule has 0 spiro atoms. The van der Waals surface area contributed by atoms with E-state index in [-0.39, 0.29) is 6.04 Å². The van der Waals surface area contributed by atoms with Gasteiger partial charge >= 0.3 is 0 Å². The number of hydrogen-bond donors (Lipinski definition) is 1. The van der Waals surface area contributed by atoms with Gasteiger partial charge in [-0.1, -0.05) is 39.0 Å². The molecule has 0 saturated heterocycles. The molecule has 2 aromatic rings. The third-order valence-corrected chi connectivity index (χ3v) is 3.95. The van der Waals surface area contributed by atoms with Crippen LogP contribution in [0.4, 0.5) is 0 Å². The minimum Gasteiger partial charge on any atom is -0.464 e. The molecule has 114 valence electrons. The van der Waals surface area contributed by atoms with Crippen molar-refractivity contribution in [1.29, 1.82) is 0 Å². The number of aryl methyl sites for hydroxylation is 3. The molecule has 1 aromatic carbocycles. The zero-order valence-corrected chi connectivity index (χ0v) is 13.7. The normalized spacial score (nSPS) is 12.6. The topological polar surface area (TPSA) is 25.2 Å². The van der Waals surface area contributed by atoms with Crippen LogP contribution in [-0.2, 0) is 12.8 Å². The van der Waals surface area contributed by atoms with Crippen LogP contribution >= 0.6 is 0 Å². The fourth-order valence-corrected chi connectivity index (χ4v) is 2.72. The highest BCUT2D eigenvalue weighted by molar-refractivity contribution is 5.38. The van der Waals surface area contributed by atoms with Crippen LogP contribution < -0.4 is 5.32 Å². The second-order valence-electron chi connectivity index (χ2n) is 5.58. The van der Waals surface area contributed by atoms with Crippen LogP contribution in [0.25, 0.3) is 0 Å². The fraction of sp³-hybridized carbons (Fsp3) is 0.474. The number of nitrogens with one attached hydrogen (secondary N) is 1. The predicted molar refractivity (Wildman–Crippen MR) is 88.8 cm³/mol. The van der Waals surface area contributed by atoms with Crippen molar-refractivity contribution < 1.29 is 4.42 Å². The standard InChI is InChI=1S/C19H27NO/c1-5-12-20-19(18-11-8-14(4)21-18)17-13-15(6-2)9-10-16(17)7-3/h8-11,13,19-20H,5-7,12H2,1-4H3. The molecule has 2 heteroatoms. The second-order valence-corrected chi connectivity index (χ2v) is 5.58. The van der Waals surface area contributed by atoms with Crippen molar-refractivity contribution in [3.05, 3.63) is 58.5 Å². The lowest BCUT2D eigenvalue weighted by atomic mass is 9.94. The lowest BCUT2D eigenvalue weighted by molar-refractivity contribution is 0.429. The molecule has 0 aliphatic rings. The summed E-state index contributed by atoms with van der Waals surface area (Å²) in [6.45, 7) is 9.61. The summed E-state index contributed by atoms with van der Waals surface area (Å²) in [6, 6.07) is 11.1. The Kier molecular flexibility index (Phi) is 5.63. The first-order chi connectivity index (χ1) is 10.2. The minimum absolute atomic E-state index is 0.153. The molecule has 1 heterocycles. The van der Waals surface area contributed by atoms with Crippen LogP contribution in [0.2, 0.25) is 0 Å². The van der Waals surface area contributed by atoms with E-state index < -0.39 is 0 Å². The maximum Gasteiger partial charge on any atom is 0.125 e.